The van der Waals surface area contributed by atoms with Crippen LogP contribution in [0.1, 0.15) is 36.5 Å². The zero-order chi connectivity index (χ0) is 22.5. The highest BCUT2D eigenvalue weighted by molar-refractivity contribution is 6.04. The molecule has 2 N–H and O–H groups in total. The quantitative estimate of drug-likeness (QED) is 0.649. The Morgan fingerprint density at radius 3 is 2.75 bits per heavy atom. The first-order valence-electron chi connectivity index (χ1n) is 11.9. The molecule has 1 atom stereocenters. The van der Waals surface area contributed by atoms with E-state index in [0.29, 0.717) is 42.1 Å². The van der Waals surface area contributed by atoms with E-state index >= 15 is 0 Å². The topological polar surface area (TPSA) is 90.0 Å². The lowest BCUT2D eigenvalue weighted by Gasteiger charge is -2.37. The third kappa shape index (κ3) is 5.39. The zero-order valence-corrected chi connectivity index (χ0v) is 19.3. The number of anilines is 2. The molecule has 0 aliphatic carbocycles. The Labute approximate surface area is 190 Å². The van der Waals surface area contributed by atoms with E-state index in [1.165, 1.54) is 0 Å². The van der Waals surface area contributed by atoms with E-state index in [2.05, 4.69) is 39.4 Å². The van der Waals surface area contributed by atoms with Crippen LogP contribution >= 0.6 is 0 Å². The summed E-state index contributed by atoms with van der Waals surface area (Å²) < 4.78 is 5.45. The van der Waals surface area contributed by atoms with Crippen LogP contribution in [0.4, 0.5) is 11.5 Å². The Morgan fingerprint density at radius 2 is 2.03 bits per heavy atom. The predicted octanol–water partition coefficient (Wildman–Crippen LogP) is 1.02. The number of piperazine rings is 1. The normalized spacial score (nSPS) is 21.7. The summed E-state index contributed by atoms with van der Waals surface area (Å²) in [5, 5.41) is 6.18. The summed E-state index contributed by atoms with van der Waals surface area (Å²) >= 11 is 0. The molecule has 1 unspecified atom stereocenters. The van der Waals surface area contributed by atoms with Gasteiger partial charge in [0, 0.05) is 64.7 Å². The number of ether oxygens (including phenoxy) is 1. The SMILES string of the molecule is CCC(CNC(=O)c1cnc2c(c1)N(CC1CCOCC1)C(=O)CN2)N1CCN(C)CC1. The number of nitrogens with one attached hydrogen (secondary N) is 2. The van der Waals surface area contributed by atoms with Gasteiger partial charge in [-0.25, -0.2) is 4.98 Å². The summed E-state index contributed by atoms with van der Waals surface area (Å²) in [7, 11) is 2.15. The molecule has 32 heavy (non-hydrogen) atoms. The molecule has 2 saturated heterocycles. The van der Waals surface area contributed by atoms with Crippen LogP contribution < -0.4 is 15.5 Å². The van der Waals surface area contributed by atoms with Gasteiger partial charge >= 0.3 is 0 Å². The van der Waals surface area contributed by atoms with Gasteiger partial charge < -0.3 is 25.2 Å². The number of nitrogens with zero attached hydrogens (tertiary/aromatic N) is 4. The highest BCUT2D eigenvalue weighted by Gasteiger charge is 2.29. The van der Waals surface area contributed by atoms with E-state index in [0.717, 1.165) is 58.7 Å². The van der Waals surface area contributed by atoms with Crippen LogP contribution in [0.15, 0.2) is 12.3 Å². The van der Waals surface area contributed by atoms with Crippen molar-refractivity contribution in [2.75, 3.05) is 76.3 Å². The number of fused-ring (bicyclic) bond motifs is 1. The van der Waals surface area contributed by atoms with Crippen LogP contribution in [0.2, 0.25) is 0 Å². The van der Waals surface area contributed by atoms with Gasteiger partial charge in [-0.2, -0.15) is 0 Å². The summed E-state index contributed by atoms with van der Waals surface area (Å²) in [5.74, 6) is 0.948. The molecular weight excluding hydrogens is 408 g/mol. The second-order valence-electron chi connectivity index (χ2n) is 9.12. The Balaban J connectivity index is 1.41. The van der Waals surface area contributed by atoms with E-state index < -0.39 is 0 Å². The van der Waals surface area contributed by atoms with Crippen LogP contribution in [0.3, 0.4) is 0 Å². The third-order valence-electron chi connectivity index (χ3n) is 6.93. The van der Waals surface area contributed by atoms with Gasteiger partial charge in [0.1, 0.15) is 5.82 Å². The van der Waals surface area contributed by atoms with Crippen molar-refractivity contribution >= 4 is 23.3 Å². The molecule has 4 heterocycles. The van der Waals surface area contributed by atoms with E-state index in [1.54, 1.807) is 17.2 Å². The van der Waals surface area contributed by atoms with Crippen molar-refractivity contribution in [3.05, 3.63) is 17.8 Å². The maximum atomic E-state index is 12.9. The Morgan fingerprint density at radius 1 is 1.28 bits per heavy atom. The van der Waals surface area contributed by atoms with Crippen molar-refractivity contribution in [1.82, 2.24) is 20.1 Å². The van der Waals surface area contributed by atoms with Crippen molar-refractivity contribution in [2.45, 2.75) is 32.2 Å². The first kappa shape index (κ1) is 22.9. The lowest BCUT2D eigenvalue weighted by Crippen LogP contribution is -2.52. The molecule has 2 amide bonds. The number of pyridine rings is 1. The minimum Gasteiger partial charge on any atom is -0.381 e. The monoisotopic (exact) mass is 444 g/mol. The van der Waals surface area contributed by atoms with Gasteiger partial charge in [0.2, 0.25) is 5.91 Å². The number of rotatable bonds is 7. The molecule has 3 aliphatic rings. The first-order chi connectivity index (χ1) is 15.5. The molecule has 9 heteroatoms. The number of amides is 2. The van der Waals surface area contributed by atoms with Crippen LogP contribution in [0, 0.1) is 5.92 Å². The Bertz CT molecular complexity index is 805. The fraction of sp³-hybridized carbons (Fsp3) is 0.696. The molecule has 0 aromatic carbocycles. The van der Waals surface area contributed by atoms with E-state index in [9.17, 15) is 9.59 Å². The maximum Gasteiger partial charge on any atom is 0.252 e. The molecule has 1 aromatic rings. The van der Waals surface area contributed by atoms with Gasteiger partial charge in [-0.05, 0) is 38.3 Å². The summed E-state index contributed by atoms with van der Waals surface area (Å²) in [6, 6.07) is 2.13. The number of aromatic nitrogens is 1. The van der Waals surface area contributed by atoms with Crippen molar-refractivity contribution < 1.29 is 14.3 Å². The van der Waals surface area contributed by atoms with Gasteiger partial charge in [0.15, 0.2) is 0 Å². The standard InChI is InChI=1S/C23H36N6O3/c1-3-19(28-8-6-27(2)7-9-28)14-26-23(31)18-12-20-22(24-13-18)25-15-21(30)29(20)16-17-4-10-32-11-5-17/h12-13,17,19H,3-11,14-16H2,1-2H3,(H,24,25)(H,26,31). The molecule has 0 radical (unpaired) electrons. The summed E-state index contributed by atoms with van der Waals surface area (Å²) in [5.41, 5.74) is 1.19. The molecule has 2 fully saturated rings. The highest BCUT2D eigenvalue weighted by atomic mass is 16.5. The average molecular weight is 445 g/mol. The molecule has 3 aliphatic heterocycles. The van der Waals surface area contributed by atoms with E-state index in [4.69, 9.17) is 4.74 Å². The summed E-state index contributed by atoms with van der Waals surface area (Å²) in [6.07, 6.45) is 4.49. The second kappa shape index (κ2) is 10.6. The molecule has 9 nitrogen and oxygen atoms in total. The Kier molecular flexibility index (Phi) is 7.59. The van der Waals surface area contributed by atoms with Crippen molar-refractivity contribution in [1.29, 1.82) is 0 Å². The van der Waals surface area contributed by atoms with E-state index in [-0.39, 0.29) is 18.4 Å². The lowest BCUT2D eigenvalue weighted by molar-refractivity contribution is -0.117. The van der Waals surface area contributed by atoms with Gasteiger partial charge in [-0.1, -0.05) is 6.92 Å². The van der Waals surface area contributed by atoms with Crippen molar-refractivity contribution in [3.8, 4) is 0 Å². The van der Waals surface area contributed by atoms with Crippen molar-refractivity contribution in [2.24, 2.45) is 5.92 Å². The number of carbonyl (C=O) groups excluding carboxylic acids is 2. The fourth-order valence-corrected chi connectivity index (χ4v) is 4.73. The van der Waals surface area contributed by atoms with Crippen LogP contribution in [-0.4, -0.2) is 98.7 Å². The summed E-state index contributed by atoms with van der Waals surface area (Å²) in [4.78, 5) is 36.7. The molecular formula is C23H36N6O3. The minimum atomic E-state index is -0.142. The molecule has 0 bridgehead atoms. The van der Waals surface area contributed by atoms with Gasteiger partial charge in [0.25, 0.3) is 5.91 Å². The predicted molar refractivity (Wildman–Crippen MR) is 124 cm³/mol. The number of carbonyl (C=O) groups is 2. The van der Waals surface area contributed by atoms with Crippen LogP contribution in [-0.2, 0) is 9.53 Å². The molecule has 0 saturated carbocycles. The largest absolute Gasteiger partial charge is 0.381 e. The zero-order valence-electron chi connectivity index (χ0n) is 19.3. The number of hydrogen-bond donors (Lipinski definition) is 2. The molecule has 4 rings (SSSR count). The van der Waals surface area contributed by atoms with Crippen molar-refractivity contribution in [3.63, 3.8) is 0 Å². The van der Waals surface area contributed by atoms with Gasteiger partial charge in [-0.3, -0.25) is 14.5 Å². The molecule has 1 aromatic heterocycles. The summed E-state index contributed by atoms with van der Waals surface area (Å²) in [6.45, 7) is 9.31. The van der Waals surface area contributed by atoms with Crippen LogP contribution in [0.5, 0.6) is 0 Å². The number of hydrogen-bond acceptors (Lipinski definition) is 7. The highest BCUT2D eigenvalue weighted by Crippen LogP contribution is 2.30. The maximum absolute atomic E-state index is 12.9. The van der Waals surface area contributed by atoms with E-state index in [1.807, 2.05) is 0 Å². The smallest absolute Gasteiger partial charge is 0.252 e. The third-order valence-corrected chi connectivity index (χ3v) is 6.93. The fourth-order valence-electron chi connectivity index (χ4n) is 4.73. The first-order valence-corrected chi connectivity index (χ1v) is 11.9. The van der Waals surface area contributed by atoms with Gasteiger partial charge in [-0.15, -0.1) is 0 Å². The minimum absolute atomic E-state index is 0.0180. The molecule has 0 spiro atoms. The number of likely N-dealkylation sites (N-methyl/N-ethyl adjacent to an activating group) is 1. The van der Waals surface area contributed by atoms with Gasteiger partial charge in [0.05, 0.1) is 17.8 Å². The second-order valence-corrected chi connectivity index (χ2v) is 9.12. The van der Waals surface area contributed by atoms with Crippen LogP contribution in [0.25, 0.3) is 0 Å². The lowest BCUT2D eigenvalue weighted by atomic mass is 9.99. The average Bonchev–Trinajstić information content (AvgIpc) is 2.82. The molecule has 176 valence electrons. The Hall–Kier alpha value is -2.23.